The van der Waals surface area contributed by atoms with E-state index in [1.54, 1.807) is 30.2 Å². The van der Waals surface area contributed by atoms with Gasteiger partial charge < -0.3 is 15.3 Å². The molecular formula is C12H18N2O3S. The third kappa shape index (κ3) is 5.18. The van der Waals surface area contributed by atoms with Crippen molar-refractivity contribution in [1.82, 2.24) is 10.2 Å². The minimum Gasteiger partial charge on any atom is -0.481 e. The van der Waals surface area contributed by atoms with Gasteiger partial charge in [0, 0.05) is 26.6 Å². The van der Waals surface area contributed by atoms with Gasteiger partial charge in [-0.15, -0.1) is 0 Å². The second-order valence-electron chi connectivity index (χ2n) is 4.38. The maximum absolute atomic E-state index is 11.7. The number of hydrogen-bond acceptors (Lipinski definition) is 3. The average molecular weight is 270 g/mol. The van der Waals surface area contributed by atoms with Gasteiger partial charge in [-0.1, -0.05) is 6.92 Å². The van der Waals surface area contributed by atoms with Crippen LogP contribution in [0.4, 0.5) is 4.79 Å². The highest BCUT2D eigenvalue weighted by Gasteiger charge is 2.12. The Bertz CT molecular complexity index is 392. The van der Waals surface area contributed by atoms with E-state index in [1.807, 2.05) is 16.8 Å². The van der Waals surface area contributed by atoms with Gasteiger partial charge >= 0.3 is 12.0 Å². The molecule has 0 spiro atoms. The van der Waals surface area contributed by atoms with Crippen molar-refractivity contribution in [2.45, 2.75) is 19.9 Å². The number of aliphatic carboxylic acids is 1. The summed E-state index contributed by atoms with van der Waals surface area (Å²) in [7, 11) is 1.72. The van der Waals surface area contributed by atoms with Gasteiger partial charge in [-0.05, 0) is 28.3 Å². The Morgan fingerprint density at radius 1 is 1.56 bits per heavy atom. The fourth-order valence-corrected chi connectivity index (χ4v) is 2.15. The number of rotatable bonds is 6. The van der Waals surface area contributed by atoms with E-state index < -0.39 is 5.97 Å². The molecule has 0 saturated heterocycles. The van der Waals surface area contributed by atoms with E-state index in [2.05, 4.69) is 5.32 Å². The van der Waals surface area contributed by atoms with E-state index >= 15 is 0 Å². The van der Waals surface area contributed by atoms with E-state index in [-0.39, 0.29) is 18.4 Å². The molecule has 0 fully saturated rings. The normalized spacial score (nSPS) is 11.9. The Morgan fingerprint density at radius 2 is 2.28 bits per heavy atom. The fraction of sp³-hybridized carbons (Fsp3) is 0.500. The molecule has 1 atom stereocenters. The van der Waals surface area contributed by atoms with E-state index in [0.717, 1.165) is 5.56 Å². The smallest absolute Gasteiger partial charge is 0.317 e. The van der Waals surface area contributed by atoms with Gasteiger partial charge in [-0.25, -0.2) is 4.79 Å². The van der Waals surface area contributed by atoms with Crippen molar-refractivity contribution in [3.8, 4) is 0 Å². The highest BCUT2D eigenvalue weighted by atomic mass is 32.1. The van der Waals surface area contributed by atoms with Crippen LogP contribution in [0.3, 0.4) is 0 Å². The number of carboxylic acids is 1. The molecule has 2 N–H and O–H groups in total. The summed E-state index contributed by atoms with van der Waals surface area (Å²) in [6, 6.07) is 1.79. The van der Waals surface area contributed by atoms with Crippen molar-refractivity contribution >= 4 is 23.3 Å². The molecule has 5 nitrogen and oxygen atoms in total. The molecule has 0 saturated carbocycles. The molecule has 2 amide bonds. The lowest BCUT2D eigenvalue weighted by molar-refractivity contribution is -0.137. The molecule has 1 heterocycles. The Kier molecular flexibility index (Phi) is 5.64. The van der Waals surface area contributed by atoms with E-state index in [9.17, 15) is 9.59 Å². The number of hydrogen-bond donors (Lipinski definition) is 2. The Morgan fingerprint density at radius 3 is 2.83 bits per heavy atom. The first-order valence-electron chi connectivity index (χ1n) is 5.71. The topological polar surface area (TPSA) is 69.6 Å². The second-order valence-corrected chi connectivity index (χ2v) is 5.16. The Labute approximate surface area is 110 Å². The Balaban J connectivity index is 2.29. The van der Waals surface area contributed by atoms with Gasteiger partial charge in [-0.2, -0.15) is 11.3 Å². The maximum Gasteiger partial charge on any atom is 0.317 e. The molecule has 0 aliphatic heterocycles. The first kappa shape index (κ1) is 14.5. The predicted octanol–water partition coefficient (Wildman–Crippen LogP) is 2.00. The van der Waals surface area contributed by atoms with Gasteiger partial charge in [0.2, 0.25) is 0 Å². The lowest BCUT2D eigenvalue weighted by atomic mass is 10.1. The van der Waals surface area contributed by atoms with E-state index in [1.165, 1.54) is 0 Å². The van der Waals surface area contributed by atoms with E-state index in [4.69, 9.17) is 5.11 Å². The third-order valence-corrected chi connectivity index (χ3v) is 3.20. The van der Waals surface area contributed by atoms with Gasteiger partial charge in [-0.3, -0.25) is 4.79 Å². The number of carboxylic acid groups (broad SMARTS) is 1. The molecule has 1 aromatic rings. The number of urea groups is 1. The van der Waals surface area contributed by atoms with Crippen molar-refractivity contribution < 1.29 is 14.7 Å². The van der Waals surface area contributed by atoms with Crippen LogP contribution in [0.5, 0.6) is 0 Å². The van der Waals surface area contributed by atoms with Gasteiger partial charge in [0.15, 0.2) is 0 Å². The summed E-state index contributed by atoms with van der Waals surface area (Å²) in [6.45, 7) is 2.73. The molecule has 18 heavy (non-hydrogen) atoms. The fourth-order valence-electron chi connectivity index (χ4n) is 1.50. The SMILES string of the molecule is CC(CNC(=O)N(C)Cc1ccsc1)CC(=O)O. The molecule has 0 bridgehead atoms. The summed E-state index contributed by atoms with van der Waals surface area (Å²) in [5.41, 5.74) is 1.09. The summed E-state index contributed by atoms with van der Waals surface area (Å²) in [5.74, 6) is -0.913. The highest BCUT2D eigenvalue weighted by molar-refractivity contribution is 7.07. The largest absolute Gasteiger partial charge is 0.481 e. The first-order valence-corrected chi connectivity index (χ1v) is 6.65. The number of carbonyl (C=O) groups excluding carboxylic acids is 1. The molecule has 100 valence electrons. The van der Waals surface area contributed by atoms with Crippen molar-refractivity contribution in [2.24, 2.45) is 5.92 Å². The quantitative estimate of drug-likeness (QED) is 0.830. The summed E-state index contributed by atoms with van der Waals surface area (Å²) in [4.78, 5) is 23.8. The standard InChI is InChI=1S/C12H18N2O3S/c1-9(5-11(15)16)6-13-12(17)14(2)7-10-3-4-18-8-10/h3-4,8-9H,5-7H2,1-2H3,(H,13,17)(H,15,16). The number of nitrogens with one attached hydrogen (secondary N) is 1. The number of nitrogens with zero attached hydrogens (tertiary/aromatic N) is 1. The zero-order chi connectivity index (χ0) is 13.5. The number of carbonyl (C=O) groups is 2. The third-order valence-electron chi connectivity index (χ3n) is 2.47. The monoisotopic (exact) mass is 270 g/mol. The van der Waals surface area contributed by atoms with Crippen LogP contribution in [0.25, 0.3) is 0 Å². The average Bonchev–Trinajstić information content (AvgIpc) is 2.77. The van der Waals surface area contributed by atoms with Crippen LogP contribution in [0, 0.1) is 5.92 Å². The van der Waals surface area contributed by atoms with Crippen LogP contribution in [-0.4, -0.2) is 35.6 Å². The van der Waals surface area contributed by atoms with Crippen molar-refractivity contribution in [3.63, 3.8) is 0 Å². The molecule has 1 aromatic heterocycles. The molecule has 0 radical (unpaired) electrons. The van der Waals surface area contributed by atoms with Gasteiger partial charge in [0.25, 0.3) is 0 Å². The number of thiophene rings is 1. The summed E-state index contributed by atoms with van der Waals surface area (Å²) >= 11 is 1.59. The van der Waals surface area contributed by atoms with Crippen LogP contribution in [0.15, 0.2) is 16.8 Å². The Hall–Kier alpha value is -1.56. The minimum atomic E-state index is -0.844. The molecule has 1 rings (SSSR count). The van der Waals surface area contributed by atoms with Crippen molar-refractivity contribution in [3.05, 3.63) is 22.4 Å². The van der Waals surface area contributed by atoms with Crippen LogP contribution < -0.4 is 5.32 Å². The molecule has 6 heteroatoms. The lowest BCUT2D eigenvalue weighted by Crippen LogP contribution is -2.39. The highest BCUT2D eigenvalue weighted by Crippen LogP contribution is 2.08. The van der Waals surface area contributed by atoms with Gasteiger partial charge in [0.1, 0.15) is 0 Å². The first-order chi connectivity index (χ1) is 8.49. The van der Waals surface area contributed by atoms with E-state index in [0.29, 0.717) is 13.1 Å². The lowest BCUT2D eigenvalue weighted by Gasteiger charge is -2.18. The molecular weight excluding hydrogens is 252 g/mol. The van der Waals surface area contributed by atoms with Gasteiger partial charge in [0.05, 0.1) is 0 Å². The maximum atomic E-state index is 11.7. The predicted molar refractivity (Wildman–Crippen MR) is 70.6 cm³/mol. The second kappa shape index (κ2) is 7.00. The van der Waals surface area contributed by atoms with Crippen LogP contribution in [0.2, 0.25) is 0 Å². The zero-order valence-electron chi connectivity index (χ0n) is 10.5. The molecule has 0 aliphatic carbocycles. The summed E-state index contributed by atoms with van der Waals surface area (Å²) in [6.07, 6.45) is 0.0640. The summed E-state index contributed by atoms with van der Waals surface area (Å²) in [5, 5.41) is 15.3. The minimum absolute atomic E-state index is 0.0640. The molecule has 1 unspecified atom stereocenters. The van der Waals surface area contributed by atoms with Crippen molar-refractivity contribution in [2.75, 3.05) is 13.6 Å². The number of amides is 2. The van der Waals surface area contributed by atoms with Crippen LogP contribution >= 0.6 is 11.3 Å². The molecule has 0 aromatic carbocycles. The van der Waals surface area contributed by atoms with Crippen LogP contribution in [-0.2, 0) is 11.3 Å². The zero-order valence-corrected chi connectivity index (χ0v) is 11.4. The van der Waals surface area contributed by atoms with Crippen molar-refractivity contribution in [1.29, 1.82) is 0 Å². The van der Waals surface area contributed by atoms with Crippen LogP contribution in [0.1, 0.15) is 18.9 Å². The summed E-state index contributed by atoms with van der Waals surface area (Å²) < 4.78 is 0. The molecule has 0 aliphatic rings.